The molecule has 2 amide bonds. The monoisotopic (exact) mass is 567 g/mol. The summed E-state index contributed by atoms with van der Waals surface area (Å²) >= 11 is 0. The lowest BCUT2D eigenvalue weighted by Gasteiger charge is -2.30. The van der Waals surface area contributed by atoms with E-state index in [2.05, 4.69) is 0 Å². The number of hydrogen-bond acceptors (Lipinski definition) is 6. The third-order valence-corrected chi connectivity index (χ3v) is 7.37. The lowest BCUT2D eigenvalue weighted by atomic mass is 9.78. The highest BCUT2D eigenvalue weighted by molar-refractivity contribution is 5.97. The van der Waals surface area contributed by atoms with E-state index in [1.165, 1.54) is 19.2 Å². The molecular formula is C34H30FNO6. The van der Waals surface area contributed by atoms with Crippen molar-refractivity contribution < 1.29 is 33.0 Å². The fourth-order valence-electron chi connectivity index (χ4n) is 5.20. The van der Waals surface area contributed by atoms with E-state index in [1.54, 1.807) is 24.3 Å². The van der Waals surface area contributed by atoms with Gasteiger partial charge in [0.05, 0.1) is 19.4 Å². The van der Waals surface area contributed by atoms with Gasteiger partial charge in [0.2, 0.25) is 5.91 Å². The summed E-state index contributed by atoms with van der Waals surface area (Å²) in [5.74, 6) is -1.82. The topological polar surface area (TPSA) is 82.1 Å². The molecule has 0 bridgehead atoms. The number of imide groups is 1. The Morgan fingerprint density at radius 2 is 1.50 bits per heavy atom. The number of ether oxygens (including phenoxy) is 3. The molecule has 1 aliphatic heterocycles. The Bertz CT molecular complexity index is 1510. The average Bonchev–Trinajstić information content (AvgIpc) is 3.42. The van der Waals surface area contributed by atoms with E-state index in [0.717, 1.165) is 21.6 Å². The fraction of sp³-hybridized carbons (Fsp3) is 0.206. The molecule has 0 spiro atoms. The quantitative estimate of drug-likeness (QED) is 0.195. The van der Waals surface area contributed by atoms with Gasteiger partial charge in [0.15, 0.2) is 0 Å². The summed E-state index contributed by atoms with van der Waals surface area (Å²) in [5.41, 5.74) is 2.24. The summed E-state index contributed by atoms with van der Waals surface area (Å²) in [6.07, 6.45) is -0.740. The number of hydrogen-bond donors (Lipinski definition) is 0. The normalized spacial score (nSPS) is 15.9. The van der Waals surface area contributed by atoms with Gasteiger partial charge in [0.25, 0.3) is 0 Å². The van der Waals surface area contributed by atoms with Crippen LogP contribution in [0.3, 0.4) is 0 Å². The third kappa shape index (κ3) is 6.66. The number of halogens is 1. The maximum absolute atomic E-state index is 14.3. The first-order valence-corrected chi connectivity index (χ1v) is 13.6. The van der Waals surface area contributed by atoms with Crippen molar-refractivity contribution in [3.63, 3.8) is 0 Å². The maximum atomic E-state index is 14.3. The Kier molecular flexibility index (Phi) is 8.92. The highest BCUT2D eigenvalue weighted by atomic mass is 19.1. The molecule has 1 aliphatic rings. The summed E-state index contributed by atoms with van der Waals surface area (Å²) in [6.45, 7) is 0.00762. The number of para-hydroxylation sites is 1. The maximum Gasteiger partial charge on any atom is 0.417 e. The van der Waals surface area contributed by atoms with Gasteiger partial charge in [-0.25, -0.2) is 14.1 Å². The van der Waals surface area contributed by atoms with Gasteiger partial charge < -0.3 is 14.2 Å². The van der Waals surface area contributed by atoms with Crippen LogP contribution in [0.4, 0.5) is 9.18 Å². The highest BCUT2D eigenvalue weighted by Gasteiger charge is 2.44. The largest absolute Gasteiger partial charge is 0.469 e. The van der Waals surface area contributed by atoms with Crippen molar-refractivity contribution in [3.05, 3.63) is 132 Å². The predicted molar refractivity (Wildman–Crippen MR) is 153 cm³/mol. The van der Waals surface area contributed by atoms with Crippen molar-refractivity contribution in [2.24, 2.45) is 5.92 Å². The minimum atomic E-state index is -0.986. The van der Waals surface area contributed by atoms with Gasteiger partial charge in [0, 0.05) is 5.92 Å². The number of amides is 2. The molecule has 0 radical (unpaired) electrons. The Labute approximate surface area is 243 Å². The van der Waals surface area contributed by atoms with E-state index in [0.29, 0.717) is 17.9 Å². The van der Waals surface area contributed by atoms with E-state index in [-0.39, 0.29) is 18.8 Å². The molecule has 0 aromatic heterocycles. The molecule has 5 rings (SSSR count). The van der Waals surface area contributed by atoms with Gasteiger partial charge in [-0.05, 0) is 59.5 Å². The number of carbonyl (C=O) groups is 3. The van der Waals surface area contributed by atoms with E-state index in [4.69, 9.17) is 14.2 Å². The van der Waals surface area contributed by atoms with E-state index in [9.17, 15) is 18.8 Å². The van der Waals surface area contributed by atoms with Crippen LogP contribution < -0.4 is 4.74 Å². The number of esters is 1. The number of benzene rings is 4. The van der Waals surface area contributed by atoms with Crippen molar-refractivity contribution >= 4 is 18.0 Å². The second-order valence-corrected chi connectivity index (χ2v) is 10.0. The Hall–Kier alpha value is -4.98. The van der Waals surface area contributed by atoms with Crippen LogP contribution in [0.2, 0.25) is 0 Å². The van der Waals surface area contributed by atoms with Crippen LogP contribution in [0.1, 0.15) is 35.1 Å². The molecule has 1 heterocycles. The zero-order valence-electron chi connectivity index (χ0n) is 23.0. The van der Waals surface area contributed by atoms with Crippen LogP contribution in [0.15, 0.2) is 109 Å². The van der Waals surface area contributed by atoms with Crippen LogP contribution in [-0.2, 0) is 25.5 Å². The molecular weight excluding hydrogens is 537 g/mol. The minimum absolute atomic E-state index is 0.00762. The number of rotatable bonds is 10. The molecule has 4 aromatic rings. The molecule has 1 unspecified atom stereocenters. The SMILES string of the molecule is COC(=O)CC(C(=O)N1C(=O)OC[C@@H]1c1ccccc1)[C@H](Cc1ccc(F)cc1)c1ccc(Oc2ccccc2)cc1. The number of carbonyl (C=O) groups excluding carboxylic acids is 3. The molecule has 0 aliphatic carbocycles. The Balaban J connectivity index is 1.52. The van der Waals surface area contributed by atoms with Gasteiger partial charge in [-0.3, -0.25) is 9.59 Å². The van der Waals surface area contributed by atoms with E-state index in [1.807, 2.05) is 72.8 Å². The molecule has 4 aromatic carbocycles. The van der Waals surface area contributed by atoms with Crippen molar-refractivity contribution in [1.29, 1.82) is 0 Å². The first-order chi connectivity index (χ1) is 20.4. The smallest absolute Gasteiger partial charge is 0.417 e. The van der Waals surface area contributed by atoms with Crippen LogP contribution in [0.5, 0.6) is 11.5 Å². The van der Waals surface area contributed by atoms with Crippen LogP contribution in [0.25, 0.3) is 0 Å². The van der Waals surface area contributed by atoms with Crippen LogP contribution in [0, 0.1) is 11.7 Å². The Morgan fingerprint density at radius 3 is 2.14 bits per heavy atom. The number of cyclic esters (lactones) is 1. The van der Waals surface area contributed by atoms with Gasteiger partial charge >= 0.3 is 12.1 Å². The molecule has 0 saturated carbocycles. The summed E-state index contributed by atoms with van der Waals surface area (Å²) in [7, 11) is 1.26. The molecule has 3 atom stereocenters. The second kappa shape index (κ2) is 13.1. The highest BCUT2D eigenvalue weighted by Crippen LogP contribution is 2.38. The lowest BCUT2D eigenvalue weighted by Crippen LogP contribution is -2.42. The van der Waals surface area contributed by atoms with Crippen molar-refractivity contribution in [3.8, 4) is 11.5 Å². The first-order valence-electron chi connectivity index (χ1n) is 13.6. The van der Waals surface area contributed by atoms with Crippen molar-refractivity contribution in [1.82, 2.24) is 4.90 Å². The molecule has 214 valence electrons. The molecule has 1 fully saturated rings. The standard InChI is InChI=1S/C34H30FNO6/c1-40-32(37)21-30(33(38)36-31(22-41-34(36)39)25-8-4-2-5-9-25)29(20-23-12-16-26(35)17-13-23)24-14-18-28(19-15-24)42-27-10-6-3-7-11-27/h2-19,29-31H,20-22H2,1H3/t29-,30?,31-/m1/s1. The third-order valence-electron chi connectivity index (χ3n) is 7.37. The molecule has 8 heteroatoms. The minimum Gasteiger partial charge on any atom is -0.469 e. The van der Waals surface area contributed by atoms with Crippen molar-refractivity contribution in [2.45, 2.75) is 24.8 Å². The summed E-state index contributed by atoms with van der Waals surface area (Å²) < 4.78 is 30.0. The first kappa shape index (κ1) is 28.5. The second-order valence-electron chi connectivity index (χ2n) is 10.0. The zero-order valence-corrected chi connectivity index (χ0v) is 23.0. The average molecular weight is 568 g/mol. The van der Waals surface area contributed by atoms with E-state index < -0.39 is 35.8 Å². The number of methoxy groups -OCH3 is 1. The van der Waals surface area contributed by atoms with Crippen LogP contribution >= 0.6 is 0 Å². The molecule has 42 heavy (non-hydrogen) atoms. The van der Waals surface area contributed by atoms with Gasteiger partial charge in [-0.2, -0.15) is 0 Å². The van der Waals surface area contributed by atoms with Gasteiger partial charge in [-0.1, -0.05) is 72.8 Å². The zero-order chi connectivity index (χ0) is 29.5. The Morgan fingerprint density at radius 1 is 0.881 bits per heavy atom. The molecule has 1 saturated heterocycles. The fourth-order valence-corrected chi connectivity index (χ4v) is 5.20. The molecule has 0 N–H and O–H groups in total. The predicted octanol–water partition coefficient (Wildman–Crippen LogP) is 6.84. The van der Waals surface area contributed by atoms with Gasteiger partial charge in [0.1, 0.15) is 30.0 Å². The summed E-state index contributed by atoms with van der Waals surface area (Å²) in [5, 5.41) is 0. The number of nitrogens with zero attached hydrogens (tertiary/aromatic N) is 1. The van der Waals surface area contributed by atoms with Gasteiger partial charge in [-0.15, -0.1) is 0 Å². The van der Waals surface area contributed by atoms with E-state index >= 15 is 0 Å². The lowest BCUT2D eigenvalue weighted by molar-refractivity contribution is -0.146. The summed E-state index contributed by atoms with van der Waals surface area (Å²) in [4.78, 5) is 41.0. The van der Waals surface area contributed by atoms with Crippen molar-refractivity contribution in [2.75, 3.05) is 13.7 Å². The molecule has 7 nitrogen and oxygen atoms in total. The summed E-state index contributed by atoms with van der Waals surface area (Å²) in [6, 6.07) is 31.1. The van der Waals surface area contributed by atoms with Crippen LogP contribution in [-0.4, -0.2) is 36.6 Å².